The van der Waals surface area contributed by atoms with Crippen LogP contribution in [0.5, 0.6) is 0 Å². The van der Waals surface area contributed by atoms with Crippen LogP contribution in [0.3, 0.4) is 0 Å². The summed E-state index contributed by atoms with van der Waals surface area (Å²) in [5.74, 6) is -0.552. The summed E-state index contributed by atoms with van der Waals surface area (Å²) in [6.07, 6.45) is 3.31. The van der Waals surface area contributed by atoms with Crippen molar-refractivity contribution in [2.24, 2.45) is 5.73 Å². The first-order chi connectivity index (χ1) is 9.03. The molecule has 0 bridgehead atoms. The number of primary amides is 1. The number of nitrogens with one attached hydrogen (secondary N) is 1. The second-order valence-corrected chi connectivity index (χ2v) is 5.56. The van der Waals surface area contributed by atoms with E-state index in [2.05, 4.69) is 5.32 Å². The smallest absolute Gasteiger partial charge is 0.255 e. The van der Waals surface area contributed by atoms with E-state index in [9.17, 15) is 9.59 Å². The third-order valence-corrected chi connectivity index (χ3v) is 4.01. The van der Waals surface area contributed by atoms with Crippen LogP contribution >= 0.6 is 0 Å². The molecular weight excluding hydrogens is 246 g/mol. The molecule has 1 unspecified atom stereocenters. The van der Waals surface area contributed by atoms with Gasteiger partial charge in [0.15, 0.2) is 0 Å². The van der Waals surface area contributed by atoms with E-state index in [1.807, 2.05) is 6.92 Å². The van der Waals surface area contributed by atoms with Gasteiger partial charge in [-0.2, -0.15) is 0 Å². The Hall–Kier alpha value is -1.14. The molecule has 3 N–H and O–H groups in total. The number of amides is 2. The minimum absolute atomic E-state index is 0.0115. The number of ether oxygens (including phenoxy) is 1. The normalized spacial score (nSPS) is 28.3. The lowest BCUT2D eigenvalue weighted by molar-refractivity contribution is -0.155. The second kappa shape index (κ2) is 5.88. The third kappa shape index (κ3) is 3.25. The van der Waals surface area contributed by atoms with E-state index in [-0.39, 0.29) is 18.5 Å². The molecule has 6 heteroatoms. The fourth-order valence-electron chi connectivity index (χ4n) is 2.90. The van der Waals surface area contributed by atoms with E-state index in [1.54, 1.807) is 4.90 Å². The molecule has 0 aromatic carbocycles. The molecule has 0 radical (unpaired) electrons. The zero-order chi connectivity index (χ0) is 13.9. The van der Waals surface area contributed by atoms with E-state index >= 15 is 0 Å². The van der Waals surface area contributed by atoms with Gasteiger partial charge in [-0.15, -0.1) is 0 Å². The number of nitrogens with zero attached hydrogens (tertiary/aromatic N) is 1. The molecule has 2 fully saturated rings. The van der Waals surface area contributed by atoms with Gasteiger partial charge >= 0.3 is 0 Å². The van der Waals surface area contributed by atoms with Crippen molar-refractivity contribution in [3.63, 3.8) is 0 Å². The van der Waals surface area contributed by atoms with Crippen LogP contribution < -0.4 is 11.1 Å². The largest absolute Gasteiger partial charge is 0.368 e. The van der Waals surface area contributed by atoms with E-state index in [0.717, 1.165) is 32.4 Å². The molecule has 0 aromatic rings. The number of carbonyl (C=O) groups is 2. The highest BCUT2D eigenvalue weighted by Crippen LogP contribution is 2.29. The van der Waals surface area contributed by atoms with Crippen molar-refractivity contribution in [1.29, 1.82) is 0 Å². The van der Waals surface area contributed by atoms with Crippen LogP contribution in [-0.2, 0) is 14.3 Å². The van der Waals surface area contributed by atoms with Gasteiger partial charge in [-0.05, 0) is 45.7 Å². The van der Waals surface area contributed by atoms with Crippen molar-refractivity contribution in [1.82, 2.24) is 10.2 Å². The van der Waals surface area contributed by atoms with Crippen LogP contribution in [0.25, 0.3) is 0 Å². The van der Waals surface area contributed by atoms with Crippen LogP contribution in [-0.4, -0.2) is 54.6 Å². The number of piperidine rings is 1. The lowest BCUT2D eigenvalue weighted by Crippen LogP contribution is -2.55. The Morgan fingerprint density at radius 1 is 1.42 bits per heavy atom. The average Bonchev–Trinajstić information content (AvgIpc) is 2.84. The standard InChI is InChI=1S/C13H23N3O3/c1-13(5-2-8-19-13)12(18)16(9-11(14)17)10-3-6-15-7-4-10/h10,15H,2-9H2,1H3,(H2,14,17). The summed E-state index contributed by atoms with van der Waals surface area (Å²) in [6, 6.07) is 0.0854. The van der Waals surface area contributed by atoms with Gasteiger partial charge in [0.25, 0.3) is 5.91 Å². The van der Waals surface area contributed by atoms with E-state index in [1.165, 1.54) is 0 Å². The summed E-state index contributed by atoms with van der Waals surface area (Å²) in [6.45, 7) is 4.15. The van der Waals surface area contributed by atoms with Crippen molar-refractivity contribution >= 4 is 11.8 Å². The monoisotopic (exact) mass is 269 g/mol. The quantitative estimate of drug-likeness (QED) is 0.728. The number of hydrogen-bond donors (Lipinski definition) is 2. The van der Waals surface area contributed by atoms with Gasteiger partial charge in [0.1, 0.15) is 5.60 Å². The van der Waals surface area contributed by atoms with Gasteiger partial charge in [-0.3, -0.25) is 9.59 Å². The van der Waals surface area contributed by atoms with Crippen LogP contribution in [0.4, 0.5) is 0 Å². The number of nitrogens with two attached hydrogens (primary N) is 1. The Morgan fingerprint density at radius 2 is 2.11 bits per heavy atom. The maximum absolute atomic E-state index is 12.7. The summed E-state index contributed by atoms with van der Waals surface area (Å²) >= 11 is 0. The van der Waals surface area contributed by atoms with Gasteiger partial charge in [-0.25, -0.2) is 0 Å². The molecular formula is C13H23N3O3. The first-order valence-corrected chi connectivity index (χ1v) is 6.97. The fourth-order valence-corrected chi connectivity index (χ4v) is 2.90. The van der Waals surface area contributed by atoms with Crippen LogP contribution in [0.2, 0.25) is 0 Å². The van der Waals surface area contributed by atoms with Gasteiger partial charge in [-0.1, -0.05) is 0 Å². The Bertz CT molecular complexity index is 347. The third-order valence-electron chi connectivity index (χ3n) is 4.01. The summed E-state index contributed by atoms with van der Waals surface area (Å²) in [5.41, 5.74) is 4.51. The Balaban J connectivity index is 2.11. The van der Waals surface area contributed by atoms with Crippen molar-refractivity contribution in [2.45, 2.75) is 44.2 Å². The van der Waals surface area contributed by atoms with Gasteiger partial charge < -0.3 is 20.7 Å². The number of hydrogen-bond acceptors (Lipinski definition) is 4. The van der Waals surface area contributed by atoms with Crippen molar-refractivity contribution in [3.05, 3.63) is 0 Å². The summed E-state index contributed by atoms with van der Waals surface area (Å²) < 4.78 is 5.60. The molecule has 0 spiro atoms. The maximum Gasteiger partial charge on any atom is 0.255 e. The van der Waals surface area contributed by atoms with Crippen LogP contribution in [0.1, 0.15) is 32.6 Å². The average molecular weight is 269 g/mol. The maximum atomic E-state index is 12.7. The molecule has 19 heavy (non-hydrogen) atoms. The minimum Gasteiger partial charge on any atom is -0.368 e. The summed E-state index contributed by atoms with van der Waals surface area (Å²) in [7, 11) is 0. The predicted molar refractivity (Wildman–Crippen MR) is 70.4 cm³/mol. The minimum atomic E-state index is -0.777. The first kappa shape index (κ1) is 14.3. The molecule has 1 atom stereocenters. The van der Waals surface area contributed by atoms with E-state index in [4.69, 9.17) is 10.5 Å². The SMILES string of the molecule is CC1(C(=O)N(CC(N)=O)C2CCNCC2)CCCO1. The van der Waals surface area contributed by atoms with Crippen LogP contribution in [0, 0.1) is 0 Å². The molecule has 2 heterocycles. The molecule has 0 aliphatic carbocycles. The highest BCUT2D eigenvalue weighted by atomic mass is 16.5. The molecule has 2 amide bonds. The summed E-state index contributed by atoms with van der Waals surface area (Å²) in [5, 5.41) is 3.26. The van der Waals surface area contributed by atoms with Crippen LogP contribution in [0.15, 0.2) is 0 Å². The Morgan fingerprint density at radius 3 is 2.63 bits per heavy atom. The molecule has 6 nitrogen and oxygen atoms in total. The molecule has 2 rings (SSSR count). The molecule has 2 saturated heterocycles. The Labute approximate surface area is 113 Å². The molecule has 108 valence electrons. The highest BCUT2D eigenvalue weighted by molar-refractivity contribution is 5.89. The zero-order valence-electron chi connectivity index (χ0n) is 11.5. The fraction of sp³-hybridized carbons (Fsp3) is 0.846. The highest BCUT2D eigenvalue weighted by Gasteiger charge is 2.43. The van der Waals surface area contributed by atoms with Gasteiger partial charge in [0.05, 0.1) is 6.54 Å². The van der Waals surface area contributed by atoms with E-state index < -0.39 is 11.5 Å². The molecule has 2 aliphatic rings. The zero-order valence-corrected chi connectivity index (χ0v) is 11.5. The van der Waals surface area contributed by atoms with Crippen molar-refractivity contribution < 1.29 is 14.3 Å². The second-order valence-electron chi connectivity index (χ2n) is 5.56. The first-order valence-electron chi connectivity index (χ1n) is 6.97. The topological polar surface area (TPSA) is 84.7 Å². The predicted octanol–water partition coefficient (Wildman–Crippen LogP) is -0.379. The van der Waals surface area contributed by atoms with Gasteiger partial charge in [0, 0.05) is 12.6 Å². The van der Waals surface area contributed by atoms with Crippen molar-refractivity contribution in [2.75, 3.05) is 26.2 Å². The molecule has 2 aliphatic heterocycles. The lowest BCUT2D eigenvalue weighted by Gasteiger charge is -2.38. The van der Waals surface area contributed by atoms with Crippen molar-refractivity contribution in [3.8, 4) is 0 Å². The Kier molecular flexibility index (Phi) is 4.42. The molecule has 0 aromatic heterocycles. The molecule has 0 saturated carbocycles. The summed E-state index contributed by atoms with van der Waals surface area (Å²) in [4.78, 5) is 25.6. The van der Waals surface area contributed by atoms with Gasteiger partial charge in [0.2, 0.25) is 5.91 Å². The number of rotatable bonds is 4. The number of carbonyl (C=O) groups excluding carboxylic acids is 2. The lowest BCUT2D eigenvalue weighted by atomic mass is 9.97. The van der Waals surface area contributed by atoms with E-state index in [0.29, 0.717) is 13.0 Å².